The van der Waals surface area contributed by atoms with E-state index in [1.807, 2.05) is 0 Å². The van der Waals surface area contributed by atoms with Crippen LogP contribution in [0.2, 0.25) is 0 Å². The summed E-state index contributed by atoms with van der Waals surface area (Å²) >= 11 is 0. The van der Waals surface area contributed by atoms with Crippen LogP contribution in [-0.4, -0.2) is 37.2 Å². The molecule has 0 saturated carbocycles. The zero-order chi connectivity index (χ0) is 41.9. The van der Waals surface area contributed by atoms with Gasteiger partial charge < -0.3 is 14.2 Å². The van der Waals surface area contributed by atoms with Crippen molar-refractivity contribution in [3.8, 4) is 0 Å². The second-order valence-corrected chi connectivity index (χ2v) is 18.4. The maximum atomic E-state index is 12.7. The first-order valence-electron chi connectivity index (χ1n) is 25.2. The van der Waals surface area contributed by atoms with Crippen molar-refractivity contribution in [1.82, 2.24) is 0 Å². The van der Waals surface area contributed by atoms with E-state index < -0.39 is 6.10 Å². The molecular formula is C51H98O6. The molecule has 6 heteroatoms. The molecule has 0 aliphatic rings. The summed E-state index contributed by atoms with van der Waals surface area (Å²) in [7, 11) is 0. The largest absolute Gasteiger partial charge is 0.462 e. The summed E-state index contributed by atoms with van der Waals surface area (Å²) in [6.07, 6.45) is 44.0. The topological polar surface area (TPSA) is 78.9 Å². The Morgan fingerprint density at radius 1 is 0.333 bits per heavy atom. The molecule has 57 heavy (non-hydrogen) atoms. The molecule has 0 aliphatic heterocycles. The van der Waals surface area contributed by atoms with E-state index in [0.29, 0.717) is 19.3 Å². The number of carbonyl (C=O) groups is 3. The third kappa shape index (κ3) is 45.3. The van der Waals surface area contributed by atoms with Crippen LogP contribution in [0.25, 0.3) is 0 Å². The molecule has 0 fully saturated rings. The van der Waals surface area contributed by atoms with Crippen molar-refractivity contribution in [1.29, 1.82) is 0 Å². The van der Waals surface area contributed by atoms with Gasteiger partial charge in [0.15, 0.2) is 6.10 Å². The van der Waals surface area contributed by atoms with E-state index in [1.54, 1.807) is 0 Å². The minimum Gasteiger partial charge on any atom is -0.462 e. The monoisotopic (exact) mass is 807 g/mol. The van der Waals surface area contributed by atoms with Crippen LogP contribution < -0.4 is 0 Å². The summed E-state index contributed by atoms with van der Waals surface area (Å²) in [4.78, 5) is 37.8. The molecule has 0 unspecified atom stereocenters. The van der Waals surface area contributed by atoms with Gasteiger partial charge in [-0.25, -0.2) is 0 Å². The van der Waals surface area contributed by atoms with E-state index in [9.17, 15) is 14.4 Å². The van der Waals surface area contributed by atoms with E-state index >= 15 is 0 Å². The van der Waals surface area contributed by atoms with Gasteiger partial charge in [-0.15, -0.1) is 0 Å². The van der Waals surface area contributed by atoms with Gasteiger partial charge in [0.05, 0.1) is 0 Å². The molecule has 1 atom stereocenters. The van der Waals surface area contributed by atoms with Gasteiger partial charge in [-0.1, -0.05) is 240 Å². The predicted molar refractivity (Wildman–Crippen MR) is 243 cm³/mol. The quantitative estimate of drug-likeness (QED) is 0.0346. The number of carbonyl (C=O) groups excluding carboxylic acids is 3. The molecule has 0 radical (unpaired) electrons. The Labute approximate surface area is 355 Å². The second-order valence-electron chi connectivity index (χ2n) is 18.4. The van der Waals surface area contributed by atoms with Gasteiger partial charge in [0.25, 0.3) is 0 Å². The van der Waals surface area contributed by atoms with Crippen molar-refractivity contribution < 1.29 is 28.6 Å². The smallest absolute Gasteiger partial charge is 0.306 e. The molecule has 0 spiro atoms. The lowest BCUT2D eigenvalue weighted by Gasteiger charge is -2.18. The average Bonchev–Trinajstić information content (AvgIpc) is 3.18. The molecule has 0 aromatic carbocycles. The van der Waals surface area contributed by atoms with Crippen LogP contribution >= 0.6 is 0 Å². The Hall–Kier alpha value is -1.59. The Balaban J connectivity index is 4.21. The van der Waals surface area contributed by atoms with Gasteiger partial charge in [0.1, 0.15) is 13.2 Å². The average molecular weight is 807 g/mol. The first-order valence-corrected chi connectivity index (χ1v) is 25.2. The third-order valence-electron chi connectivity index (χ3n) is 11.5. The van der Waals surface area contributed by atoms with Crippen LogP contribution in [0.4, 0.5) is 0 Å². The summed E-state index contributed by atoms with van der Waals surface area (Å²) in [5.74, 6) is 0.701. The number of hydrogen-bond acceptors (Lipinski definition) is 6. The van der Waals surface area contributed by atoms with Gasteiger partial charge in [-0.3, -0.25) is 14.4 Å². The standard InChI is InChI=1S/C51H98O6/c1-6-7-8-9-10-11-12-13-14-15-16-17-18-19-20-21-26-31-36-41-49(52)55-44-48(57-51(54)43-38-33-28-23-25-30-35-40-47(4)5)45-56-50(53)42-37-32-27-22-24-29-34-39-46(2)3/h46-48H,6-45H2,1-5H3/t48-/m0/s1. The maximum absolute atomic E-state index is 12.7. The number of esters is 3. The van der Waals surface area contributed by atoms with Crippen molar-refractivity contribution in [3.63, 3.8) is 0 Å². The minimum atomic E-state index is -0.762. The van der Waals surface area contributed by atoms with Crippen molar-refractivity contribution in [2.24, 2.45) is 11.8 Å². The van der Waals surface area contributed by atoms with E-state index in [-0.39, 0.29) is 31.1 Å². The van der Waals surface area contributed by atoms with E-state index in [4.69, 9.17) is 14.2 Å². The van der Waals surface area contributed by atoms with Crippen molar-refractivity contribution in [2.45, 2.75) is 285 Å². The Morgan fingerprint density at radius 3 is 0.860 bits per heavy atom. The first-order chi connectivity index (χ1) is 27.7. The zero-order valence-electron chi connectivity index (χ0n) is 39.0. The molecule has 0 saturated heterocycles. The van der Waals surface area contributed by atoms with Crippen molar-refractivity contribution in [3.05, 3.63) is 0 Å². The van der Waals surface area contributed by atoms with Crippen LogP contribution in [0.5, 0.6) is 0 Å². The summed E-state index contributed by atoms with van der Waals surface area (Å²) in [6, 6.07) is 0. The fraction of sp³-hybridized carbons (Fsp3) is 0.941. The molecule has 0 amide bonds. The van der Waals surface area contributed by atoms with Crippen LogP contribution in [0, 0.1) is 11.8 Å². The Kier molecular flexibility index (Phi) is 42.7. The molecule has 0 rings (SSSR count). The number of ether oxygens (including phenoxy) is 3. The summed E-state index contributed by atoms with van der Waals surface area (Å²) < 4.78 is 16.7. The predicted octanol–water partition coefficient (Wildman–Crippen LogP) is 16.1. The van der Waals surface area contributed by atoms with Gasteiger partial charge >= 0.3 is 17.9 Å². The molecule has 338 valence electrons. The van der Waals surface area contributed by atoms with Crippen LogP contribution in [0.15, 0.2) is 0 Å². The van der Waals surface area contributed by atoms with Gasteiger partial charge in [-0.2, -0.15) is 0 Å². The minimum absolute atomic E-state index is 0.0653. The molecule has 6 nitrogen and oxygen atoms in total. The lowest BCUT2D eigenvalue weighted by Crippen LogP contribution is -2.30. The summed E-state index contributed by atoms with van der Waals surface area (Å²) in [5, 5.41) is 0. The van der Waals surface area contributed by atoms with Gasteiger partial charge in [-0.05, 0) is 31.1 Å². The van der Waals surface area contributed by atoms with Crippen molar-refractivity contribution >= 4 is 17.9 Å². The molecule has 0 heterocycles. The third-order valence-corrected chi connectivity index (χ3v) is 11.5. The highest BCUT2D eigenvalue weighted by Crippen LogP contribution is 2.17. The number of hydrogen-bond donors (Lipinski definition) is 0. The molecule has 0 aliphatic carbocycles. The Bertz CT molecular complexity index is 870. The maximum Gasteiger partial charge on any atom is 0.306 e. The lowest BCUT2D eigenvalue weighted by atomic mass is 10.0. The zero-order valence-corrected chi connectivity index (χ0v) is 39.0. The highest BCUT2D eigenvalue weighted by Gasteiger charge is 2.19. The second kappa shape index (κ2) is 44.0. The molecular weight excluding hydrogens is 709 g/mol. The molecule has 0 bridgehead atoms. The summed E-state index contributed by atoms with van der Waals surface area (Å²) in [6.45, 7) is 11.3. The van der Waals surface area contributed by atoms with E-state index in [0.717, 1.165) is 69.6 Å². The fourth-order valence-corrected chi connectivity index (χ4v) is 7.64. The van der Waals surface area contributed by atoms with E-state index in [1.165, 1.54) is 167 Å². The normalized spacial score (nSPS) is 12.1. The van der Waals surface area contributed by atoms with Crippen LogP contribution in [0.3, 0.4) is 0 Å². The molecule has 0 aromatic heterocycles. The van der Waals surface area contributed by atoms with Gasteiger partial charge in [0, 0.05) is 19.3 Å². The van der Waals surface area contributed by atoms with Crippen LogP contribution in [-0.2, 0) is 28.6 Å². The fourth-order valence-electron chi connectivity index (χ4n) is 7.64. The Morgan fingerprint density at radius 2 is 0.579 bits per heavy atom. The SMILES string of the molecule is CCCCCCCCCCCCCCCCCCCCCC(=O)OC[C@@H](COC(=O)CCCCCCCCCC(C)C)OC(=O)CCCCCCCCCC(C)C. The highest BCUT2D eigenvalue weighted by molar-refractivity contribution is 5.71. The van der Waals surface area contributed by atoms with Gasteiger partial charge in [0.2, 0.25) is 0 Å². The lowest BCUT2D eigenvalue weighted by molar-refractivity contribution is -0.167. The molecule has 0 aromatic rings. The van der Waals surface area contributed by atoms with Crippen molar-refractivity contribution in [2.75, 3.05) is 13.2 Å². The van der Waals surface area contributed by atoms with E-state index in [2.05, 4.69) is 34.6 Å². The number of rotatable bonds is 45. The first kappa shape index (κ1) is 55.4. The summed E-state index contributed by atoms with van der Waals surface area (Å²) in [5.41, 5.74) is 0. The molecule has 0 N–H and O–H groups in total. The highest BCUT2D eigenvalue weighted by atomic mass is 16.6. The number of unbranched alkanes of at least 4 members (excludes halogenated alkanes) is 30. The van der Waals surface area contributed by atoms with Crippen LogP contribution in [0.1, 0.15) is 279 Å².